The van der Waals surface area contributed by atoms with E-state index in [1.807, 2.05) is 20.8 Å². The van der Waals surface area contributed by atoms with Crippen molar-refractivity contribution in [2.24, 2.45) is 0 Å². The molecule has 0 atom stereocenters. The summed E-state index contributed by atoms with van der Waals surface area (Å²) in [6.07, 6.45) is 1.03. The number of hydrogen-bond donors (Lipinski definition) is 0. The van der Waals surface area contributed by atoms with Gasteiger partial charge in [-0.25, -0.2) is 0 Å². The van der Waals surface area contributed by atoms with Crippen molar-refractivity contribution < 1.29 is 18.0 Å². The number of hydrogen-bond acceptors (Lipinski definition) is 4. The van der Waals surface area contributed by atoms with Crippen LogP contribution in [0.2, 0.25) is 6.04 Å². The van der Waals surface area contributed by atoms with E-state index in [0.717, 1.165) is 19.1 Å². The minimum Gasteiger partial charge on any atom is -0.381 e. The summed E-state index contributed by atoms with van der Waals surface area (Å²) in [5.41, 5.74) is 0. The third-order valence-electron chi connectivity index (χ3n) is 1.99. The average molecular weight is 250 g/mol. The van der Waals surface area contributed by atoms with Gasteiger partial charge in [0.05, 0.1) is 6.61 Å². The quantitative estimate of drug-likeness (QED) is 0.417. The number of ether oxygens (including phenoxy) is 1. The van der Waals surface area contributed by atoms with Crippen LogP contribution in [0.1, 0.15) is 34.1 Å². The second-order valence-electron chi connectivity index (χ2n) is 3.34. The first-order chi connectivity index (χ1) is 7.74. The molecule has 16 heavy (non-hydrogen) atoms. The molecule has 0 fully saturated rings. The van der Waals surface area contributed by atoms with Crippen LogP contribution in [-0.2, 0) is 18.0 Å². The van der Waals surface area contributed by atoms with Gasteiger partial charge < -0.3 is 18.0 Å². The van der Waals surface area contributed by atoms with Gasteiger partial charge in [-0.1, -0.05) is 6.92 Å². The smallest absolute Gasteiger partial charge is 0.381 e. The second kappa shape index (κ2) is 10.2. The highest BCUT2D eigenvalue weighted by Crippen LogP contribution is 2.15. The van der Waals surface area contributed by atoms with Gasteiger partial charge in [-0.15, -0.1) is 0 Å². The Morgan fingerprint density at radius 2 is 1.25 bits per heavy atom. The van der Waals surface area contributed by atoms with E-state index in [9.17, 15) is 0 Å². The summed E-state index contributed by atoms with van der Waals surface area (Å²) in [5.74, 6) is 0. The van der Waals surface area contributed by atoms with E-state index in [4.69, 9.17) is 18.0 Å². The Hall–Kier alpha value is 0.0569. The Bertz CT molecular complexity index is 138. The molecule has 0 saturated heterocycles. The molecule has 0 saturated carbocycles. The lowest BCUT2D eigenvalue weighted by atomic mass is 10.5. The zero-order valence-corrected chi connectivity index (χ0v) is 12.1. The molecule has 0 aromatic carbocycles. The molecule has 0 aromatic heterocycles. The van der Waals surface area contributed by atoms with Gasteiger partial charge in [0, 0.05) is 32.5 Å². The largest absolute Gasteiger partial charge is 0.503 e. The topological polar surface area (TPSA) is 36.9 Å². The van der Waals surface area contributed by atoms with Crippen molar-refractivity contribution in [2.45, 2.75) is 40.2 Å². The van der Waals surface area contributed by atoms with Gasteiger partial charge in [0.2, 0.25) is 0 Å². The Morgan fingerprint density at radius 3 is 1.62 bits per heavy atom. The molecule has 0 unspecified atom stereocenters. The molecule has 0 aromatic rings. The minimum absolute atomic E-state index is 0.625. The zero-order valence-electron chi connectivity index (χ0n) is 11.1. The van der Waals surface area contributed by atoms with Crippen molar-refractivity contribution in [3.05, 3.63) is 0 Å². The van der Waals surface area contributed by atoms with Crippen molar-refractivity contribution in [2.75, 3.05) is 33.0 Å². The van der Waals surface area contributed by atoms with E-state index in [1.54, 1.807) is 0 Å². The average Bonchev–Trinajstić information content (AvgIpc) is 2.26. The van der Waals surface area contributed by atoms with E-state index in [1.165, 1.54) is 0 Å². The van der Waals surface area contributed by atoms with Crippen molar-refractivity contribution in [1.29, 1.82) is 0 Å². The zero-order chi connectivity index (χ0) is 12.3. The van der Waals surface area contributed by atoms with Crippen molar-refractivity contribution in [3.8, 4) is 0 Å². The third-order valence-corrected chi connectivity index (χ3v) is 5.00. The molecule has 0 N–H and O–H groups in total. The Balaban J connectivity index is 4.12. The van der Waals surface area contributed by atoms with Gasteiger partial charge in [0.1, 0.15) is 0 Å². The van der Waals surface area contributed by atoms with Crippen LogP contribution in [0.5, 0.6) is 0 Å². The second-order valence-corrected chi connectivity index (χ2v) is 6.08. The molecular formula is C11H26O4Si. The molecule has 0 spiro atoms. The maximum absolute atomic E-state index is 5.71. The normalized spacial score (nSPS) is 12.0. The van der Waals surface area contributed by atoms with Gasteiger partial charge in [0.15, 0.2) is 0 Å². The Labute approximate surface area is 101 Å². The molecule has 0 aliphatic rings. The third kappa shape index (κ3) is 6.60. The van der Waals surface area contributed by atoms with Crippen molar-refractivity contribution >= 4 is 8.80 Å². The summed E-state index contributed by atoms with van der Waals surface area (Å²) in [7, 11) is -2.47. The monoisotopic (exact) mass is 250 g/mol. The van der Waals surface area contributed by atoms with Crippen LogP contribution in [0.4, 0.5) is 0 Å². The lowest BCUT2D eigenvalue weighted by Crippen LogP contribution is -2.46. The predicted octanol–water partition coefficient (Wildman–Crippen LogP) is 2.46. The molecule has 0 amide bonds. The summed E-state index contributed by atoms with van der Waals surface area (Å²) in [6, 6.07) is 0.739. The van der Waals surface area contributed by atoms with Crippen LogP contribution in [-0.4, -0.2) is 41.8 Å². The molecule has 98 valence electrons. The summed E-state index contributed by atoms with van der Waals surface area (Å²) >= 11 is 0. The molecule has 0 aliphatic carbocycles. The van der Waals surface area contributed by atoms with E-state index in [2.05, 4.69) is 6.92 Å². The van der Waals surface area contributed by atoms with E-state index in [0.29, 0.717) is 26.4 Å². The van der Waals surface area contributed by atoms with Crippen LogP contribution >= 0.6 is 0 Å². The SMILES string of the molecule is CCCOCC[Si](OCC)(OCC)OCC. The van der Waals surface area contributed by atoms with Crippen LogP contribution in [0, 0.1) is 0 Å². The molecule has 5 heteroatoms. The fourth-order valence-electron chi connectivity index (χ4n) is 1.44. The summed E-state index contributed by atoms with van der Waals surface area (Å²) in [4.78, 5) is 0. The first-order valence-corrected chi connectivity index (χ1v) is 8.17. The summed E-state index contributed by atoms with van der Waals surface area (Å²) in [6.45, 7) is 11.3. The fraction of sp³-hybridized carbons (Fsp3) is 1.00. The van der Waals surface area contributed by atoms with Crippen molar-refractivity contribution in [3.63, 3.8) is 0 Å². The number of rotatable bonds is 11. The maximum Gasteiger partial charge on any atom is 0.503 e. The molecule has 4 nitrogen and oxygen atoms in total. The molecular weight excluding hydrogens is 224 g/mol. The highest BCUT2D eigenvalue weighted by molar-refractivity contribution is 6.60. The first-order valence-electron chi connectivity index (χ1n) is 6.24. The van der Waals surface area contributed by atoms with Gasteiger partial charge in [-0.2, -0.15) is 0 Å². The molecule has 0 rings (SSSR count). The molecule has 0 bridgehead atoms. The molecule has 0 radical (unpaired) electrons. The van der Waals surface area contributed by atoms with Gasteiger partial charge in [0.25, 0.3) is 0 Å². The lowest BCUT2D eigenvalue weighted by Gasteiger charge is -2.28. The van der Waals surface area contributed by atoms with Crippen LogP contribution in [0.15, 0.2) is 0 Å². The summed E-state index contributed by atoms with van der Waals surface area (Å²) in [5, 5.41) is 0. The standard InChI is InChI=1S/C11H26O4Si/c1-5-9-12-10-11-16(13-6-2,14-7-3)15-8-4/h5-11H2,1-4H3. The molecule has 0 heterocycles. The highest BCUT2D eigenvalue weighted by atomic mass is 28.4. The van der Waals surface area contributed by atoms with Gasteiger partial charge >= 0.3 is 8.80 Å². The first kappa shape index (κ1) is 16.1. The summed E-state index contributed by atoms with van der Waals surface area (Å²) < 4.78 is 22.6. The molecule has 0 aliphatic heterocycles. The Kier molecular flexibility index (Phi) is 10.3. The van der Waals surface area contributed by atoms with Crippen molar-refractivity contribution in [1.82, 2.24) is 0 Å². The van der Waals surface area contributed by atoms with E-state index in [-0.39, 0.29) is 0 Å². The van der Waals surface area contributed by atoms with E-state index >= 15 is 0 Å². The van der Waals surface area contributed by atoms with Crippen LogP contribution < -0.4 is 0 Å². The van der Waals surface area contributed by atoms with Crippen LogP contribution in [0.3, 0.4) is 0 Å². The van der Waals surface area contributed by atoms with Gasteiger partial charge in [-0.05, 0) is 27.2 Å². The minimum atomic E-state index is -2.47. The van der Waals surface area contributed by atoms with E-state index < -0.39 is 8.80 Å². The maximum atomic E-state index is 5.71. The van der Waals surface area contributed by atoms with Crippen LogP contribution in [0.25, 0.3) is 0 Å². The lowest BCUT2D eigenvalue weighted by molar-refractivity contribution is 0.0579. The highest BCUT2D eigenvalue weighted by Gasteiger charge is 2.39. The Morgan fingerprint density at radius 1 is 0.750 bits per heavy atom. The van der Waals surface area contributed by atoms with Gasteiger partial charge in [-0.3, -0.25) is 0 Å². The fourth-order valence-corrected chi connectivity index (χ4v) is 3.84. The predicted molar refractivity (Wildman–Crippen MR) is 66.5 cm³/mol.